The van der Waals surface area contributed by atoms with Gasteiger partial charge < -0.3 is 25.2 Å². The zero-order valence-corrected chi connectivity index (χ0v) is 20.5. The highest BCUT2D eigenvalue weighted by Crippen LogP contribution is 2.63. The summed E-state index contributed by atoms with van der Waals surface area (Å²) < 4.78 is 11.8. The van der Waals surface area contributed by atoms with Gasteiger partial charge in [-0.25, -0.2) is 0 Å². The Hall–Kier alpha value is -2.12. The highest BCUT2D eigenvalue weighted by Gasteiger charge is 2.65. The SMILES string of the molecule is COc1ccc2c3c1O[C@H]1C(=O)CC[C@H]4[C@@H](C2)N(C)CC[C@]314.NCC1(CC(=O)O)CCCCC1. The molecule has 3 fully saturated rings. The van der Waals surface area contributed by atoms with Gasteiger partial charge in [0.05, 0.1) is 13.5 Å². The lowest BCUT2D eigenvalue weighted by Gasteiger charge is -2.57. The van der Waals surface area contributed by atoms with Gasteiger partial charge in [-0.05, 0) is 75.2 Å². The fraction of sp³-hybridized carbons (Fsp3) is 0.704. The zero-order valence-electron chi connectivity index (χ0n) is 20.5. The van der Waals surface area contributed by atoms with E-state index in [0.29, 0.717) is 24.9 Å². The first kappa shape index (κ1) is 23.6. The summed E-state index contributed by atoms with van der Waals surface area (Å²) in [6.45, 7) is 1.57. The fourth-order valence-electron chi connectivity index (χ4n) is 7.75. The molecule has 7 nitrogen and oxygen atoms in total. The van der Waals surface area contributed by atoms with E-state index < -0.39 is 5.97 Å². The lowest BCUT2D eigenvalue weighted by atomic mass is 9.52. The minimum Gasteiger partial charge on any atom is -0.493 e. The van der Waals surface area contributed by atoms with Crippen molar-refractivity contribution in [1.82, 2.24) is 4.90 Å². The molecule has 6 rings (SSSR count). The molecule has 5 aliphatic rings. The molecule has 1 aromatic carbocycles. The average molecular weight is 471 g/mol. The normalized spacial score (nSPS) is 32.7. The lowest BCUT2D eigenvalue weighted by Crippen LogP contribution is -2.65. The zero-order chi connectivity index (χ0) is 24.1. The van der Waals surface area contributed by atoms with Gasteiger partial charge in [-0.2, -0.15) is 0 Å². The molecule has 0 radical (unpaired) electrons. The van der Waals surface area contributed by atoms with Crippen LogP contribution >= 0.6 is 0 Å². The number of hydrogen-bond acceptors (Lipinski definition) is 6. The van der Waals surface area contributed by atoms with Gasteiger partial charge in [-0.1, -0.05) is 25.3 Å². The molecular weight excluding hydrogens is 432 g/mol. The molecule has 7 heteroatoms. The third-order valence-electron chi connectivity index (χ3n) is 9.46. The van der Waals surface area contributed by atoms with Crippen LogP contribution in [0.3, 0.4) is 0 Å². The average Bonchev–Trinajstić information content (AvgIpc) is 3.19. The maximum absolute atomic E-state index is 12.6. The van der Waals surface area contributed by atoms with Gasteiger partial charge in [0.2, 0.25) is 0 Å². The van der Waals surface area contributed by atoms with Gasteiger partial charge >= 0.3 is 5.97 Å². The predicted molar refractivity (Wildman–Crippen MR) is 128 cm³/mol. The molecule has 34 heavy (non-hydrogen) atoms. The van der Waals surface area contributed by atoms with Crippen LogP contribution in [0.25, 0.3) is 0 Å². The van der Waals surface area contributed by atoms with Crippen LogP contribution in [-0.4, -0.2) is 61.2 Å². The number of methoxy groups -OCH3 is 1. The molecule has 3 aliphatic carbocycles. The minimum atomic E-state index is -0.706. The third kappa shape index (κ3) is 3.54. The summed E-state index contributed by atoms with van der Waals surface area (Å²) in [5.41, 5.74) is 8.12. The number of carbonyl (C=O) groups excluding carboxylic acids is 1. The second kappa shape index (κ2) is 8.83. The first-order valence-electron chi connectivity index (χ1n) is 12.9. The Bertz CT molecular complexity index is 972. The molecule has 4 atom stereocenters. The van der Waals surface area contributed by atoms with Gasteiger partial charge in [0, 0.05) is 23.4 Å². The van der Waals surface area contributed by atoms with Crippen molar-refractivity contribution in [3.63, 3.8) is 0 Å². The monoisotopic (exact) mass is 470 g/mol. The topological polar surface area (TPSA) is 102 Å². The first-order valence-corrected chi connectivity index (χ1v) is 12.9. The molecule has 2 aliphatic heterocycles. The number of benzene rings is 1. The Morgan fingerprint density at radius 3 is 2.71 bits per heavy atom. The van der Waals surface area contributed by atoms with Gasteiger partial charge in [-0.15, -0.1) is 0 Å². The fourth-order valence-corrected chi connectivity index (χ4v) is 7.75. The van der Waals surface area contributed by atoms with Gasteiger partial charge in [-0.3, -0.25) is 9.59 Å². The van der Waals surface area contributed by atoms with E-state index in [1.807, 2.05) is 6.07 Å². The quantitative estimate of drug-likeness (QED) is 0.696. The van der Waals surface area contributed by atoms with E-state index >= 15 is 0 Å². The van der Waals surface area contributed by atoms with Crippen molar-refractivity contribution in [2.75, 3.05) is 27.2 Å². The summed E-state index contributed by atoms with van der Waals surface area (Å²) in [7, 11) is 3.91. The predicted octanol–water partition coefficient (Wildman–Crippen LogP) is 3.30. The third-order valence-corrected chi connectivity index (χ3v) is 9.46. The number of likely N-dealkylation sites (N-methyl/N-ethyl adjacent to an activating group) is 1. The van der Waals surface area contributed by atoms with Gasteiger partial charge in [0.1, 0.15) is 0 Å². The molecule has 2 bridgehead atoms. The van der Waals surface area contributed by atoms with Crippen molar-refractivity contribution in [1.29, 1.82) is 0 Å². The number of nitrogens with zero attached hydrogens (tertiary/aromatic N) is 1. The minimum absolute atomic E-state index is 0.0793. The summed E-state index contributed by atoms with van der Waals surface area (Å²) >= 11 is 0. The number of aliphatic carboxylic acids is 1. The Balaban J connectivity index is 0.000000172. The molecule has 1 spiro atoms. The lowest BCUT2D eigenvalue weighted by molar-refractivity contribution is -0.140. The number of hydrogen-bond donors (Lipinski definition) is 2. The van der Waals surface area contributed by atoms with Crippen molar-refractivity contribution >= 4 is 11.8 Å². The van der Waals surface area contributed by atoms with Crippen LogP contribution in [-0.2, 0) is 21.4 Å². The molecule has 0 amide bonds. The molecule has 1 saturated heterocycles. The van der Waals surface area contributed by atoms with Crippen LogP contribution in [0.4, 0.5) is 0 Å². The Morgan fingerprint density at radius 1 is 1.26 bits per heavy atom. The number of carbonyl (C=O) groups is 2. The van der Waals surface area contributed by atoms with Crippen LogP contribution in [0.1, 0.15) is 68.9 Å². The molecule has 2 heterocycles. The Kier molecular flexibility index (Phi) is 6.13. The van der Waals surface area contributed by atoms with Gasteiger partial charge in [0.15, 0.2) is 23.4 Å². The summed E-state index contributed by atoms with van der Waals surface area (Å²) in [5, 5.41) is 8.71. The van der Waals surface area contributed by atoms with E-state index in [-0.39, 0.29) is 29.1 Å². The molecule has 1 aromatic rings. The second-order valence-corrected chi connectivity index (χ2v) is 11.1. The number of Topliss-reactive ketones (excluding diaryl/α,β-unsaturated/α-hetero) is 1. The van der Waals surface area contributed by atoms with E-state index in [1.54, 1.807) is 7.11 Å². The van der Waals surface area contributed by atoms with Crippen molar-refractivity contribution in [3.8, 4) is 11.5 Å². The van der Waals surface area contributed by atoms with Gasteiger partial charge in [0.25, 0.3) is 0 Å². The number of carboxylic acid groups (broad SMARTS) is 1. The highest BCUT2D eigenvalue weighted by atomic mass is 16.5. The number of ketones is 1. The summed E-state index contributed by atoms with van der Waals surface area (Å²) in [6, 6.07) is 4.73. The molecule has 2 saturated carbocycles. The molecule has 0 aromatic heterocycles. The van der Waals surface area contributed by atoms with Crippen molar-refractivity contribution in [2.45, 2.75) is 81.8 Å². The van der Waals surface area contributed by atoms with Crippen LogP contribution < -0.4 is 15.2 Å². The van der Waals surface area contributed by atoms with Crippen LogP contribution in [0.5, 0.6) is 11.5 Å². The molecule has 3 N–H and O–H groups in total. The maximum atomic E-state index is 12.6. The first-order chi connectivity index (χ1) is 16.3. The number of carboxylic acids is 1. The highest BCUT2D eigenvalue weighted by molar-refractivity contribution is 5.89. The summed E-state index contributed by atoms with van der Waals surface area (Å²) in [6.07, 6.45) is 9.24. The van der Waals surface area contributed by atoms with E-state index in [4.69, 9.17) is 20.3 Å². The van der Waals surface area contributed by atoms with Crippen molar-refractivity contribution in [3.05, 3.63) is 23.3 Å². The number of ether oxygens (including phenoxy) is 2. The number of likely N-dealkylation sites (tertiary alicyclic amines) is 1. The standard InChI is InChI=1S/C18H21NO3.C9H17NO2/c1-19-8-7-18-11-4-5-13(20)17(18)22-16-14(21-2)6-3-10(15(16)18)9-12(11)19;10-7-9(6-8(11)12)4-2-1-3-5-9/h3,6,11-12,17H,4-5,7-9H2,1-2H3;1-7,10H2,(H,11,12)/t11-,12+,17-,18-;/m0./s1. The van der Waals surface area contributed by atoms with E-state index in [0.717, 1.165) is 63.0 Å². The van der Waals surface area contributed by atoms with E-state index in [2.05, 4.69) is 18.0 Å². The molecule has 186 valence electrons. The number of nitrogens with two attached hydrogens (primary N) is 1. The Morgan fingerprint density at radius 2 is 2.03 bits per heavy atom. The summed E-state index contributed by atoms with van der Waals surface area (Å²) in [5.74, 6) is 1.75. The second-order valence-electron chi connectivity index (χ2n) is 11.1. The summed E-state index contributed by atoms with van der Waals surface area (Å²) in [4.78, 5) is 25.7. The maximum Gasteiger partial charge on any atom is 0.303 e. The smallest absolute Gasteiger partial charge is 0.303 e. The Labute approximate surface area is 202 Å². The van der Waals surface area contributed by atoms with E-state index in [1.165, 1.54) is 17.5 Å². The van der Waals surface area contributed by atoms with E-state index in [9.17, 15) is 9.59 Å². The molecular formula is C27H38N2O5. The van der Waals surface area contributed by atoms with Crippen LogP contribution in [0, 0.1) is 11.3 Å². The van der Waals surface area contributed by atoms with Crippen molar-refractivity contribution < 1.29 is 24.2 Å². The molecule has 0 unspecified atom stereocenters. The largest absolute Gasteiger partial charge is 0.493 e. The number of piperidine rings is 1. The number of rotatable bonds is 4. The van der Waals surface area contributed by atoms with Crippen LogP contribution in [0.15, 0.2) is 12.1 Å². The van der Waals surface area contributed by atoms with Crippen LogP contribution in [0.2, 0.25) is 0 Å². The van der Waals surface area contributed by atoms with Crippen molar-refractivity contribution in [2.24, 2.45) is 17.1 Å².